The zero-order valence-corrected chi connectivity index (χ0v) is 25.5. The SMILES string of the molecule is CCCCOc1cc(OC)cc(N2CC[N+](C)(CC(F)(F)F)c3c2ccc2c3nc(-c3ccnc(C(=O)NC)c3)c[n+]2C)c1. The van der Waals surface area contributed by atoms with Gasteiger partial charge in [0.2, 0.25) is 5.52 Å². The van der Waals surface area contributed by atoms with Gasteiger partial charge in [-0.05, 0) is 24.6 Å². The maximum atomic E-state index is 14.1. The molecule has 0 fully saturated rings. The van der Waals surface area contributed by atoms with E-state index >= 15 is 0 Å². The van der Waals surface area contributed by atoms with Crippen LogP contribution in [0.2, 0.25) is 0 Å². The van der Waals surface area contributed by atoms with Crippen molar-refractivity contribution >= 4 is 34.0 Å². The first kappa shape index (κ1) is 31.0. The Morgan fingerprint density at radius 2 is 1.93 bits per heavy atom. The number of halogens is 3. The summed E-state index contributed by atoms with van der Waals surface area (Å²) in [6.07, 6.45) is 0.776. The van der Waals surface area contributed by atoms with E-state index in [9.17, 15) is 18.0 Å². The number of fused-ring (bicyclic) bond motifs is 3. The smallest absolute Gasteiger partial charge is 0.438 e. The summed E-state index contributed by atoms with van der Waals surface area (Å²) in [6.45, 7) is 2.09. The van der Waals surface area contributed by atoms with E-state index in [0.717, 1.165) is 18.5 Å². The predicted molar refractivity (Wildman–Crippen MR) is 163 cm³/mol. The van der Waals surface area contributed by atoms with E-state index in [1.54, 1.807) is 32.5 Å². The van der Waals surface area contributed by atoms with Crippen LogP contribution in [0.5, 0.6) is 11.5 Å². The highest BCUT2D eigenvalue weighted by Crippen LogP contribution is 2.47. The Morgan fingerprint density at radius 3 is 2.64 bits per heavy atom. The van der Waals surface area contributed by atoms with Crippen molar-refractivity contribution < 1.29 is 32.0 Å². The normalized spacial score (nSPS) is 16.5. The summed E-state index contributed by atoms with van der Waals surface area (Å²) in [7, 11) is 6.53. The van der Waals surface area contributed by atoms with Crippen LogP contribution in [-0.4, -0.2) is 69.5 Å². The highest BCUT2D eigenvalue weighted by Gasteiger charge is 2.47. The van der Waals surface area contributed by atoms with Crippen LogP contribution in [0.4, 0.5) is 30.2 Å². The summed E-state index contributed by atoms with van der Waals surface area (Å²) >= 11 is 0. The number of ether oxygens (including phenoxy) is 2. The molecule has 0 bridgehead atoms. The van der Waals surface area contributed by atoms with Gasteiger partial charge in [0.15, 0.2) is 23.9 Å². The molecule has 0 spiro atoms. The quantitative estimate of drug-likeness (QED) is 0.157. The van der Waals surface area contributed by atoms with Gasteiger partial charge in [0.1, 0.15) is 42.2 Å². The molecule has 0 saturated heterocycles. The molecule has 1 aliphatic heterocycles. The third-order valence-corrected chi connectivity index (χ3v) is 7.91. The molecular formula is C32H37F3N6O3+2. The molecule has 1 atom stereocenters. The lowest BCUT2D eigenvalue weighted by atomic mass is 10.0. The predicted octanol–water partition coefficient (Wildman–Crippen LogP) is 5.32. The number of unbranched alkanes of at least 4 members (excludes halogenated alkanes) is 1. The highest BCUT2D eigenvalue weighted by molar-refractivity contribution is 5.97. The molecular weight excluding hydrogens is 573 g/mol. The minimum Gasteiger partial charge on any atom is -0.497 e. The first-order chi connectivity index (χ1) is 21.0. The summed E-state index contributed by atoms with van der Waals surface area (Å²) < 4.78 is 55.5. The minimum atomic E-state index is -4.42. The number of rotatable bonds is 9. The number of aryl methyl sites for hydroxylation is 1. The number of quaternary nitrogens is 1. The van der Waals surface area contributed by atoms with Crippen LogP contribution in [0, 0.1) is 0 Å². The number of carbonyl (C=O) groups excluding carboxylic acids is 1. The molecule has 0 radical (unpaired) electrons. The number of methoxy groups -OCH3 is 1. The average Bonchev–Trinajstić information content (AvgIpc) is 2.99. The summed E-state index contributed by atoms with van der Waals surface area (Å²) in [5.41, 5.74) is 4.28. The van der Waals surface area contributed by atoms with Crippen LogP contribution in [0.3, 0.4) is 0 Å². The number of benzene rings is 2. The van der Waals surface area contributed by atoms with E-state index in [-0.39, 0.29) is 22.6 Å². The summed E-state index contributed by atoms with van der Waals surface area (Å²) in [6, 6.07) is 12.6. The van der Waals surface area contributed by atoms with Crippen LogP contribution in [-0.2, 0) is 7.05 Å². The lowest BCUT2D eigenvalue weighted by molar-refractivity contribution is -0.644. The van der Waals surface area contributed by atoms with Crippen LogP contribution in [0.15, 0.2) is 54.9 Å². The fourth-order valence-electron chi connectivity index (χ4n) is 5.71. The number of anilines is 2. The standard InChI is InChI=1S/C32H36F3N6O3/c1-6-7-14-44-24-17-22(16-23(18-24)43-5)40-12-13-41(4,20-32(33,34)35)30-28(40)9-8-27-29(30)38-26(19-39(27)3)21-10-11-37-25(15-21)31(42)36-2/h8-11,15-19H,6-7,12-14,20H2,1-5H3/q+1/p+1. The van der Waals surface area contributed by atoms with Crippen LogP contribution < -0.4 is 28.7 Å². The Hall–Kier alpha value is -4.45. The zero-order valence-electron chi connectivity index (χ0n) is 25.5. The van der Waals surface area contributed by atoms with Gasteiger partial charge < -0.3 is 19.7 Å². The lowest BCUT2D eigenvalue weighted by Crippen LogP contribution is -2.57. The molecule has 1 amide bonds. The summed E-state index contributed by atoms with van der Waals surface area (Å²) in [5.74, 6) is 0.867. The second-order valence-corrected chi connectivity index (χ2v) is 11.2. The van der Waals surface area contributed by atoms with Gasteiger partial charge >= 0.3 is 6.18 Å². The van der Waals surface area contributed by atoms with Gasteiger partial charge in [0.25, 0.3) is 5.91 Å². The Bertz CT molecular complexity index is 1700. The maximum absolute atomic E-state index is 14.1. The fraction of sp³-hybridized carbons (Fsp3) is 0.375. The van der Waals surface area contributed by atoms with Crippen LogP contribution >= 0.6 is 0 Å². The van der Waals surface area contributed by atoms with Gasteiger partial charge in [-0.1, -0.05) is 13.3 Å². The number of carbonyl (C=O) groups is 1. The Morgan fingerprint density at radius 1 is 1.16 bits per heavy atom. The largest absolute Gasteiger partial charge is 0.497 e. The molecule has 3 heterocycles. The molecule has 232 valence electrons. The van der Waals surface area contributed by atoms with Gasteiger partial charge in [0.05, 0.1) is 27.3 Å². The van der Waals surface area contributed by atoms with E-state index in [0.29, 0.717) is 58.3 Å². The molecule has 0 saturated carbocycles. The molecule has 1 aliphatic rings. The molecule has 0 aliphatic carbocycles. The van der Waals surface area contributed by atoms with E-state index in [1.807, 2.05) is 46.8 Å². The van der Waals surface area contributed by atoms with Gasteiger partial charge in [-0.15, -0.1) is 0 Å². The van der Waals surface area contributed by atoms with Gasteiger partial charge in [-0.3, -0.25) is 14.3 Å². The van der Waals surface area contributed by atoms with Crippen molar-refractivity contribution in [2.45, 2.75) is 25.9 Å². The van der Waals surface area contributed by atoms with E-state index in [2.05, 4.69) is 17.2 Å². The van der Waals surface area contributed by atoms with Gasteiger partial charge in [0, 0.05) is 48.8 Å². The van der Waals surface area contributed by atoms with E-state index < -0.39 is 12.7 Å². The molecule has 4 aromatic rings. The van der Waals surface area contributed by atoms with Crippen LogP contribution in [0.1, 0.15) is 30.3 Å². The third-order valence-electron chi connectivity index (χ3n) is 7.91. The number of amides is 1. The second kappa shape index (κ2) is 12.3. The molecule has 9 nitrogen and oxygen atoms in total. The molecule has 2 aromatic carbocycles. The molecule has 1 N–H and O–H groups in total. The first-order valence-corrected chi connectivity index (χ1v) is 14.5. The van der Waals surface area contributed by atoms with Crippen molar-refractivity contribution in [3.05, 3.63) is 60.6 Å². The number of aromatic nitrogens is 3. The fourth-order valence-corrected chi connectivity index (χ4v) is 5.71. The van der Waals surface area contributed by atoms with Crippen molar-refractivity contribution in [1.29, 1.82) is 0 Å². The molecule has 1 unspecified atom stereocenters. The second-order valence-electron chi connectivity index (χ2n) is 11.2. The van der Waals surface area contributed by atoms with Gasteiger partial charge in [-0.2, -0.15) is 17.7 Å². The third kappa shape index (κ3) is 6.26. The molecule has 2 aromatic heterocycles. The minimum absolute atomic E-state index is 0.181. The zero-order chi connectivity index (χ0) is 31.6. The van der Waals surface area contributed by atoms with Crippen molar-refractivity contribution in [3.8, 4) is 22.8 Å². The lowest BCUT2D eigenvalue weighted by Gasteiger charge is -2.43. The topological polar surface area (TPSA) is 80.5 Å². The van der Waals surface area contributed by atoms with Crippen LogP contribution in [0.25, 0.3) is 22.3 Å². The number of hydrogen-bond donors (Lipinski definition) is 1. The number of likely N-dealkylation sites (N-methyl/N-ethyl adjacent to an activating group) is 1. The number of alkyl halides is 3. The Labute approximate surface area is 254 Å². The summed E-state index contributed by atoms with van der Waals surface area (Å²) in [5, 5.41) is 2.56. The number of pyridine rings is 1. The van der Waals surface area contributed by atoms with Crippen molar-refractivity contribution in [1.82, 2.24) is 19.8 Å². The molecule has 5 rings (SSSR count). The molecule has 44 heavy (non-hydrogen) atoms. The monoisotopic (exact) mass is 610 g/mol. The Kier molecular flexibility index (Phi) is 8.64. The van der Waals surface area contributed by atoms with Crippen molar-refractivity contribution in [2.75, 3.05) is 52.3 Å². The van der Waals surface area contributed by atoms with Gasteiger partial charge in [-0.25, -0.2) is 4.98 Å². The van der Waals surface area contributed by atoms with E-state index in [4.69, 9.17) is 14.5 Å². The number of nitrogens with zero attached hydrogens (tertiary/aromatic N) is 5. The van der Waals surface area contributed by atoms with E-state index in [1.165, 1.54) is 13.2 Å². The summed E-state index contributed by atoms with van der Waals surface area (Å²) in [4.78, 5) is 23.4. The highest BCUT2D eigenvalue weighted by atomic mass is 19.4. The first-order valence-electron chi connectivity index (χ1n) is 14.5. The number of nitrogens with one attached hydrogen (secondary N) is 1. The maximum Gasteiger partial charge on any atom is 0.438 e. The number of hydrogen-bond acceptors (Lipinski definition) is 6. The molecule has 12 heteroatoms. The van der Waals surface area contributed by atoms with Crippen molar-refractivity contribution in [2.24, 2.45) is 7.05 Å². The average molecular weight is 611 g/mol. The Balaban J connectivity index is 1.72. The van der Waals surface area contributed by atoms with Crippen molar-refractivity contribution in [3.63, 3.8) is 0 Å².